The van der Waals surface area contributed by atoms with Gasteiger partial charge in [0, 0.05) is 37.4 Å². The first-order valence-corrected chi connectivity index (χ1v) is 12.8. The molecule has 2 aliphatic rings. The highest BCUT2D eigenvalue weighted by Gasteiger charge is 2.28. The second kappa shape index (κ2) is 9.63. The number of benzene rings is 2. The predicted octanol–water partition coefficient (Wildman–Crippen LogP) is 3.86. The maximum atomic E-state index is 12.3. The van der Waals surface area contributed by atoms with E-state index in [0.717, 1.165) is 65.8 Å². The molecule has 2 aromatic carbocycles. The average molecular weight is 505 g/mol. The Labute approximate surface area is 220 Å². The van der Waals surface area contributed by atoms with Crippen LogP contribution < -0.4 is 10.6 Å². The highest BCUT2D eigenvalue weighted by atomic mass is 16.2. The summed E-state index contributed by atoms with van der Waals surface area (Å²) in [5, 5.41) is 15.1. The minimum absolute atomic E-state index is 0.00832. The Kier molecular flexibility index (Phi) is 6.00. The number of aromatic nitrogens is 4. The predicted molar refractivity (Wildman–Crippen MR) is 146 cm³/mol. The fraction of sp³-hybridized carbons (Fsp3) is 0.276. The number of carbonyl (C=O) groups excluding carboxylic acids is 1. The van der Waals surface area contributed by atoms with E-state index < -0.39 is 0 Å². The van der Waals surface area contributed by atoms with E-state index in [4.69, 9.17) is 10.8 Å². The molecule has 6 rings (SSSR count). The summed E-state index contributed by atoms with van der Waals surface area (Å²) in [4.78, 5) is 25.2. The number of nitrogens with two attached hydrogens (primary N) is 1. The lowest BCUT2D eigenvalue weighted by Crippen LogP contribution is -2.40. The molecule has 9 nitrogen and oxygen atoms in total. The first-order valence-electron chi connectivity index (χ1n) is 12.8. The summed E-state index contributed by atoms with van der Waals surface area (Å²) in [6, 6.07) is 16.6. The van der Waals surface area contributed by atoms with Gasteiger partial charge in [0.2, 0.25) is 5.91 Å². The van der Waals surface area contributed by atoms with Crippen LogP contribution in [0.4, 0.5) is 11.5 Å². The van der Waals surface area contributed by atoms with Crippen molar-refractivity contribution in [1.82, 2.24) is 24.6 Å². The molecule has 2 aromatic heterocycles. The Morgan fingerprint density at radius 3 is 2.82 bits per heavy atom. The summed E-state index contributed by atoms with van der Waals surface area (Å²) in [5.74, 6) is 0.317. The number of amides is 1. The van der Waals surface area contributed by atoms with Crippen molar-refractivity contribution in [1.29, 1.82) is 5.26 Å². The van der Waals surface area contributed by atoms with Crippen molar-refractivity contribution >= 4 is 28.4 Å². The van der Waals surface area contributed by atoms with E-state index in [1.807, 2.05) is 21.7 Å². The van der Waals surface area contributed by atoms with Crippen LogP contribution in [0.5, 0.6) is 0 Å². The van der Waals surface area contributed by atoms with Crippen molar-refractivity contribution in [3.05, 3.63) is 78.1 Å². The van der Waals surface area contributed by atoms with Gasteiger partial charge in [-0.1, -0.05) is 36.9 Å². The summed E-state index contributed by atoms with van der Waals surface area (Å²) in [5.41, 5.74) is 12.9. The Hall–Kier alpha value is -4.71. The molecule has 0 saturated carbocycles. The van der Waals surface area contributed by atoms with Gasteiger partial charge in [-0.3, -0.25) is 4.79 Å². The average Bonchev–Trinajstić information content (AvgIpc) is 3.56. The van der Waals surface area contributed by atoms with Gasteiger partial charge in [0.05, 0.1) is 23.1 Å². The molecule has 4 heterocycles. The molecular formula is C29H28N8O. The van der Waals surface area contributed by atoms with E-state index in [-0.39, 0.29) is 11.9 Å². The number of nitrogens with zero attached hydrogens (tertiary/aromatic N) is 7. The van der Waals surface area contributed by atoms with Gasteiger partial charge in [0.25, 0.3) is 0 Å². The van der Waals surface area contributed by atoms with Gasteiger partial charge in [-0.2, -0.15) is 10.4 Å². The third-order valence-corrected chi connectivity index (χ3v) is 7.59. The highest BCUT2D eigenvalue weighted by Crippen LogP contribution is 2.35. The van der Waals surface area contributed by atoms with E-state index in [0.29, 0.717) is 24.6 Å². The highest BCUT2D eigenvalue weighted by molar-refractivity contribution is 5.98. The molecule has 9 heteroatoms. The van der Waals surface area contributed by atoms with E-state index >= 15 is 0 Å². The second-order valence-corrected chi connectivity index (χ2v) is 9.82. The molecule has 2 N–H and O–H groups in total. The third kappa shape index (κ3) is 4.04. The molecule has 1 fully saturated rings. The standard InChI is InChI=1S/C29H28N8O/c1-2-25(38)36-13-4-6-22(17-36)37-29-26(28(31)32-18-33-29)27(34-37)20-10-8-19(9-11-20)16-35-14-12-23-21(15-30)5-3-7-24(23)35/h2-3,5,7-11,18,22H,1,4,6,12-14,16-17H2,(H2,31,32,33). The zero-order valence-corrected chi connectivity index (χ0v) is 21.0. The molecule has 190 valence electrons. The fourth-order valence-electron chi connectivity index (χ4n) is 5.69. The Morgan fingerprint density at radius 1 is 1.18 bits per heavy atom. The first kappa shape index (κ1) is 23.7. The number of likely N-dealkylation sites (tertiary alicyclic amines) is 1. The monoisotopic (exact) mass is 504 g/mol. The molecule has 1 unspecified atom stereocenters. The summed E-state index contributed by atoms with van der Waals surface area (Å²) >= 11 is 0. The summed E-state index contributed by atoms with van der Waals surface area (Å²) in [7, 11) is 0. The van der Waals surface area contributed by atoms with Crippen LogP contribution in [0.25, 0.3) is 22.3 Å². The Balaban J connectivity index is 1.30. The van der Waals surface area contributed by atoms with Gasteiger partial charge in [0.1, 0.15) is 17.8 Å². The van der Waals surface area contributed by atoms with Crippen LogP contribution >= 0.6 is 0 Å². The number of hydrogen-bond donors (Lipinski definition) is 1. The van der Waals surface area contributed by atoms with Crippen LogP contribution in [0.3, 0.4) is 0 Å². The van der Waals surface area contributed by atoms with Crippen LogP contribution in [0.2, 0.25) is 0 Å². The Morgan fingerprint density at radius 2 is 2.03 bits per heavy atom. The minimum atomic E-state index is -0.0689. The molecule has 1 atom stereocenters. The maximum absolute atomic E-state index is 12.3. The van der Waals surface area contributed by atoms with Crippen LogP contribution in [-0.4, -0.2) is 50.2 Å². The quantitative estimate of drug-likeness (QED) is 0.410. The molecule has 2 aliphatic heterocycles. The van der Waals surface area contributed by atoms with Gasteiger partial charge in [-0.15, -0.1) is 0 Å². The molecule has 0 bridgehead atoms. The summed E-state index contributed by atoms with van der Waals surface area (Å²) in [6.07, 6.45) is 5.48. The van der Waals surface area contributed by atoms with Gasteiger partial charge < -0.3 is 15.5 Å². The number of anilines is 2. The lowest BCUT2D eigenvalue weighted by molar-refractivity contribution is -0.127. The summed E-state index contributed by atoms with van der Waals surface area (Å²) in [6.45, 7) is 6.55. The number of nitriles is 1. The van der Waals surface area contributed by atoms with E-state index in [2.05, 4.69) is 57.8 Å². The Bertz CT molecular complexity index is 1580. The maximum Gasteiger partial charge on any atom is 0.246 e. The number of nitrogen functional groups attached to an aromatic ring is 1. The SMILES string of the molecule is C=CC(=O)N1CCCC(n2nc(-c3ccc(CN4CCc5c(C#N)cccc54)cc3)c3c(N)ncnc32)C1. The van der Waals surface area contributed by atoms with Crippen molar-refractivity contribution in [2.45, 2.75) is 31.8 Å². The molecule has 0 spiro atoms. The number of carbonyl (C=O) groups is 1. The second-order valence-electron chi connectivity index (χ2n) is 9.82. The van der Waals surface area contributed by atoms with E-state index in [1.165, 1.54) is 18.0 Å². The van der Waals surface area contributed by atoms with Gasteiger partial charge in [-0.25, -0.2) is 14.6 Å². The smallest absolute Gasteiger partial charge is 0.246 e. The van der Waals surface area contributed by atoms with Crippen molar-refractivity contribution in [3.63, 3.8) is 0 Å². The van der Waals surface area contributed by atoms with Crippen molar-refractivity contribution < 1.29 is 4.79 Å². The van der Waals surface area contributed by atoms with Gasteiger partial charge in [0.15, 0.2) is 5.65 Å². The number of hydrogen-bond acceptors (Lipinski definition) is 7. The molecule has 4 aromatic rings. The van der Waals surface area contributed by atoms with Crippen molar-refractivity contribution in [2.75, 3.05) is 30.3 Å². The molecule has 0 aliphatic carbocycles. The lowest BCUT2D eigenvalue weighted by atomic mass is 10.1. The number of rotatable bonds is 5. The molecular weight excluding hydrogens is 476 g/mol. The molecule has 38 heavy (non-hydrogen) atoms. The van der Waals surface area contributed by atoms with Crippen molar-refractivity contribution in [2.24, 2.45) is 0 Å². The summed E-state index contributed by atoms with van der Waals surface area (Å²) < 4.78 is 1.91. The topological polar surface area (TPSA) is 117 Å². The number of fused-ring (bicyclic) bond motifs is 2. The van der Waals surface area contributed by atoms with Gasteiger partial charge in [-0.05, 0) is 48.6 Å². The normalized spacial score (nSPS) is 16.9. The first-order chi connectivity index (χ1) is 18.6. The van der Waals surface area contributed by atoms with Crippen LogP contribution in [0.15, 0.2) is 61.4 Å². The number of piperidine rings is 1. The van der Waals surface area contributed by atoms with Crippen LogP contribution in [0.1, 0.15) is 35.6 Å². The third-order valence-electron chi connectivity index (χ3n) is 7.59. The van der Waals surface area contributed by atoms with E-state index in [1.54, 1.807) is 0 Å². The van der Waals surface area contributed by atoms with Gasteiger partial charge >= 0.3 is 0 Å². The van der Waals surface area contributed by atoms with Crippen LogP contribution in [0, 0.1) is 11.3 Å². The zero-order chi connectivity index (χ0) is 26.2. The fourth-order valence-corrected chi connectivity index (χ4v) is 5.69. The van der Waals surface area contributed by atoms with E-state index in [9.17, 15) is 10.1 Å². The molecule has 0 radical (unpaired) electrons. The minimum Gasteiger partial charge on any atom is -0.383 e. The zero-order valence-electron chi connectivity index (χ0n) is 21.0. The largest absolute Gasteiger partial charge is 0.383 e. The van der Waals surface area contributed by atoms with Crippen molar-refractivity contribution in [3.8, 4) is 17.3 Å². The lowest BCUT2D eigenvalue weighted by Gasteiger charge is -2.32. The molecule has 1 amide bonds. The molecule has 1 saturated heterocycles. The van der Waals surface area contributed by atoms with Crippen LogP contribution in [-0.2, 0) is 17.8 Å².